The van der Waals surface area contributed by atoms with Gasteiger partial charge in [-0.1, -0.05) is 30.3 Å². The van der Waals surface area contributed by atoms with Crippen LogP contribution in [0.25, 0.3) is 0 Å². The molecule has 0 saturated carbocycles. The Hall–Kier alpha value is -3.54. The summed E-state index contributed by atoms with van der Waals surface area (Å²) in [5.74, 6) is 1.04. The summed E-state index contributed by atoms with van der Waals surface area (Å²) >= 11 is 0. The molecule has 0 saturated heterocycles. The Balaban J connectivity index is 1.75. The number of amides is 1. The molecule has 0 radical (unpaired) electrons. The van der Waals surface area contributed by atoms with E-state index in [1.54, 1.807) is 49.7 Å². The van der Waals surface area contributed by atoms with Gasteiger partial charge in [0.2, 0.25) is 5.88 Å². The van der Waals surface area contributed by atoms with E-state index in [9.17, 15) is 9.90 Å². The Labute approximate surface area is 151 Å². The summed E-state index contributed by atoms with van der Waals surface area (Å²) in [6, 6.07) is 17.2. The average molecular weight is 350 g/mol. The summed E-state index contributed by atoms with van der Waals surface area (Å²) in [6.45, 7) is 0.200. The Morgan fingerprint density at radius 2 is 1.77 bits per heavy atom. The SMILES string of the molecule is COc1ccccc1Oc1ncccc1CNC(=O)c1ccccc1O. The fraction of sp³-hybridized carbons (Fsp3) is 0.100. The number of aromatic nitrogens is 1. The third-order valence-corrected chi connectivity index (χ3v) is 3.71. The molecule has 26 heavy (non-hydrogen) atoms. The van der Waals surface area contributed by atoms with Crippen LogP contribution in [0.15, 0.2) is 66.9 Å². The van der Waals surface area contributed by atoms with E-state index in [1.807, 2.05) is 18.2 Å². The maximum atomic E-state index is 12.3. The molecule has 0 bridgehead atoms. The first-order chi connectivity index (χ1) is 12.7. The molecule has 0 spiro atoms. The predicted molar refractivity (Wildman–Crippen MR) is 96.6 cm³/mol. The Bertz CT molecular complexity index is 912. The number of phenolic OH excluding ortho intramolecular Hbond substituents is 1. The topological polar surface area (TPSA) is 80.7 Å². The fourth-order valence-corrected chi connectivity index (χ4v) is 2.39. The van der Waals surface area contributed by atoms with Crippen molar-refractivity contribution in [1.82, 2.24) is 10.3 Å². The monoisotopic (exact) mass is 350 g/mol. The number of nitrogens with zero attached hydrogens (tertiary/aromatic N) is 1. The first-order valence-electron chi connectivity index (χ1n) is 8.00. The van der Waals surface area contributed by atoms with Gasteiger partial charge in [0.1, 0.15) is 5.75 Å². The lowest BCUT2D eigenvalue weighted by Crippen LogP contribution is -2.23. The van der Waals surface area contributed by atoms with Crippen molar-refractivity contribution < 1.29 is 19.4 Å². The van der Waals surface area contributed by atoms with Crippen molar-refractivity contribution in [3.8, 4) is 23.1 Å². The lowest BCUT2D eigenvalue weighted by atomic mass is 10.2. The number of methoxy groups -OCH3 is 1. The van der Waals surface area contributed by atoms with Crippen molar-refractivity contribution in [3.05, 3.63) is 78.0 Å². The number of hydrogen-bond donors (Lipinski definition) is 2. The van der Waals surface area contributed by atoms with Crippen molar-refractivity contribution in [2.75, 3.05) is 7.11 Å². The molecule has 0 unspecified atom stereocenters. The molecule has 0 fully saturated rings. The number of aromatic hydroxyl groups is 1. The minimum atomic E-state index is -0.379. The number of hydrogen-bond acceptors (Lipinski definition) is 5. The molecule has 0 aliphatic heterocycles. The van der Waals surface area contributed by atoms with Crippen LogP contribution in [0.5, 0.6) is 23.1 Å². The van der Waals surface area contributed by atoms with Crippen LogP contribution in [0.4, 0.5) is 0 Å². The van der Waals surface area contributed by atoms with Gasteiger partial charge in [-0.2, -0.15) is 0 Å². The van der Waals surface area contributed by atoms with E-state index in [1.165, 1.54) is 6.07 Å². The van der Waals surface area contributed by atoms with Gasteiger partial charge in [0.05, 0.1) is 12.7 Å². The number of rotatable bonds is 6. The van der Waals surface area contributed by atoms with Crippen molar-refractivity contribution in [2.45, 2.75) is 6.54 Å². The highest BCUT2D eigenvalue weighted by atomic mass is 16.5. The first kappa shape index (κ1) is 17.3. The van der Waals surface area contributed by atoms with Crippen LogP contribution in [0, 0.1) is 0 Å². The van der Waals surface area contributed by atoms with Gasteiger partial charge in [0.15, 0.2) is 11.5 Å². The highest BCUT2D eigenvalue weighted by Crippen LogP contribution is 2.31. The van der Waals surface area contributed by atoms with E-state index in [4.69, 9.17) is 9.47 Å². The molecule has 0 aliphatic carbocycles. The van der Waals surface area contributed by atoms with Gasteiger partial charge < -0.3 is 19.9 Å². The van der Waals surface area contributed by atoms with Crippen LogP contribution < -0.4 is 14.8 Å². The van der Waals surface area contributed by atoms with E-state index in [0.29, 0.717) is 22.9 Å². The van der Waals surface area contributed by atoms with Crippen LogP contribution in [-0.2, 0) is 6.54 Å². The van der Waals surface area contributed by atoms with Crippen LogP contribution in [0.1, 0.15) is 15.9 Å². The molecule has 2 N–H and O–H groups in total. The Morgan fingerprint density at radius 1 is 1.04 bits per heavy atom. The largest absolute Gasteiger partial charge is 0.507 e. The molecule has 3 rings (SSSR count). The third kappa shape index (κ3) is 3.92. The number of carbonyl (C=O) groups excluding carboxylic acids is 1. The lowest BCUT2D eigenvalue weighted by Gasteiger charge is -2.13. The minimum Gasteiger partial charge on any atom is -0.507 e. The standard InChI is InChI=1S/C20H18N2O4/c1-25-17-10-4-5-11-18(17)26-20-14(7-6-12-21-20)13-22-19(24)15-8-2-3-9-16(15)23/h2-12,23H,13H2,1H3,(H,22,24). The van der Waals surface area contributed by atoms with E-state index in [0.717, 1.165) is 0 Å². The zero-order chi connectivity index (χ0) is 18.4. The quantitative estimate of drug-likeness (QED) is 0.711. The number of nitrogens with one attached hydrogen (secondary N) is 1. The molecular weight excluding hydrogens is 332 g/mol. The molecule has 132 valence electrons. The van der Waals surface area contributed by atoms with Crippen LogP contribution >= 0.6 is 0 Å². The molecular formula is C20H18N2O4. The number of pyridine rings is 1. The fourth-order valence-electron chi connectivity index (χ4n) is 2.39. The first-order valence-corrected chi connectivity index (χ1v) is 8.00. The number of benzene rings is 2. The molecule has 1 aromatic heterocycles. The predicted octanol–water partition coefficient (Wildman–Crippen LogP) is 3.52. The highest BCUT2D eigenvalue weighted by molar-refractivity contribution is 5.96. The lowest BCUT2D eigenvalue weighted by molar-refractivity contribution is 0.0948. The molecule has 2 aromatic carbocycles. The van der Waals surface area contributed by atoms with Crippen molar-refractivity contribution in [3.63, 3.8) is 0 Å². The number of ether oxygens (including phenoxy) is 2. The van der Waals surface area contributed by atoms with Gasteiger partial charge in [0.25, 0.3) is 5.91 Å². The van der Waals surface area contributed by atoms with E-state index in [-0.39, 0.29) is 23.8 Å². The second kappa shape index (κ2) is 8.02. The number of carbonyl (C=O) groups is 1. The highest BCUT2D eigenvalue weighted by Gasteiger charge is 2.13. The third-order valence-electron chi connectivity index (χ3n) is 3.71. The zero-order valence-electron chi connectivity index (χ0n) is 14.2. The van der Waals surface area contributed by atoms with Crippen molar-refractivity contribution in [2.24, 2.45) is 0 Å². The normalized spacial score (nSPS) is 10.2. The molecule has 6 nitrogen and oxygen atoms in total. The molecule has 1 heterocycles. The summed E-state index contributed by atoms with van der Waals surface area (Å²) in [7, 11) is 1.56. The summed E-state index contributed by atoms with van der Waals surface area (Å²) in [6.07, 6.45) is 1.61. The Morgan fingerprint density at radius 3 is 2.54 bits per heavy atom. The Kier molecular flexibility index (Phi) is 5.34. The second-order valence-electron chi connectivity index (χ2n) is 5.42. The summed E-state index contributed by atoms with van der Waals surface area (Å²) < 4.78 is 11.1. The van der Waals surface area contributed by atoms with E-state index < -0.39 is 0 Å². The van der Waals surface area contributed by atoms with Gasteiger partial charge in [-0.15, -0.1) is 0 Å². The van der Waals surface area contributed by atoms with E-state index in [2.05, 4.69) is 10.3 Å². The van der Waals surface area contributed by atoms with Crippen LogP contribution in [0.3, 0.4) is 0 Å². The summed E-state index contributed by atoms with van der Waals surface area (Å²) in [5.41, 5.74) is 0.908. The summed E-state index contributed by atoms with van der Waals surface area (Å²) in [4.78, 5) is 16.5. The molecule has 3 aromatic rings. The van der Waals surface area contributed by atoms with Gasteiger partial charge in [0, 0.05) is 18.3 Å². The number of para-hydroxylation sites is 3. The van der Waals surface area contributed by atoms with Crippen LogP contribution in [0.2, 0.25) is 0 Å². The van der Waals surface area contributed by atoms with Gasteiger partial charge in [-0.05, 0) is 30.3 Å². The molecule has 1 amide bonds. The van der Waals surface area contributed by atoms with Gasteiger partial charge in [-0.3, -0.25) is 4.79 Å². The second-order valence-corrected chi connectivity index (χ2v) is 5.42. The maximum Gasteiger partial charge on any atom is 0.255 e. The molecule has 0 aliphatic rings. The number of phenols is 1. The summed E-state index contributed by atoms with van der Waals surface area (Å²) in [5, 5.41) is 12.5. The van der Waals surface area contributed by atoms with Crippen LogP contribution in [-0.4, -0.2) is 23.1 Å². The van der Waals surface area contributed by atoms with Crippen molar-refractivity contribution >= 4 is 5.91 Å². The molecule has 6 heteroatoms. The maximum absolute atomic E-state index is 12.3. The average Bonchev–Trinajstić information content (AvgIpc) is 2.68. The van der Waals surface area contributed by atoms with Gasteiger partial charge in [-0.25, -0.2) is 4.98 Å². The van der Waals surface area contributed by atoms with E-state index >= 15 is 0 Å². The molecule has 0 atom stereocenters. The zero-order valence-corrected chi connectivity index (χ0v) is 14.2. The van der Waals surface area contributed by atoms with Gasteiger partial charge >= 0.3 is 0 Å². The minimum absolute atomic E-state index is 0.0679. The van der Waals surface area contributed by atoms with Crippen molar-refractivity contribution in [1.29, 1.82) is 0 Å². The smallest absolute Gasteiger partial charge is 0.255 e.